The molecule has 0 unspecified atom stereocenters. The van der Waals surface area contributed by atoms with Gasteiger partial charge in [0.05, 0.1) is 12.3 Å². The van der Waals surface area contributed by atoms with Crippen LogP contribution in [0.1, 0.15) is 11.7 Å². The lowest BCUT2D eigenvalue weighted by Gasteiger charge is -2.05. The number of hydrogen-bond donors (Lipinski definition) is 1. The fourth-order valence-corrected chi connectivity index (χ4v) is 1.40. The van der Waals surface area contributed by atoms with Crippen LogP contribution in [-0.4, -0.2) is 23.9 Å². The summed E-state index contributed by atoms with van der Waals surface area (Å²) in [4.78, 5) is 4.17. The number of aromatic nitrogens is 2. The van der Waals surface area contributed by atoms with Gasteiger partial charge in [0, 0.05) is 13.5 Å². The first-order valence-corrected chi connectivity index (χ1v) is 5.57. The molecular weight excluding hydrogens is 234 g/mol. The van der Waals surface area contributed by atoms with Crippen LogP contribution < -0.4 is 10.5 Å². The fourth-order valence-electron chi connectivity index (χ4n) is 1.40. The van der Waals surface area contributed by atoms with Gasteiger partial charge < -0.3 is 19.7 Å². The average molecular weight is 249 g/mol. The molecule has 0 aliphatic carbocycles. The number of methoxy groups -OCH3 is 1. The van der Waals surface area contributed by atoms with Gasteiger partial charge in [0.15, 0.2) is 12.4 Å². The second kappa shape index (κ2) is 6.02. The molecule has 96 valence electrons. The first-order chi connectivity index (χ1) is 8.79. The number of anilines is 1. The zero-order valence-electron chi connectivity index (χ0n) is 10.1. The molecule has 2 rings (SSSR count). The normalized spacial score (nSPS) is 10.5. The summed E-state index contributed by atoms with van der Waals surface area (Å²) in [5.74, 6) is 1.63. The Bertz CT molecular complexity index is 499. The SMILES string of the molecule is COCCc1noc(COc2ccccc2N)n1. The number of nitrogens with two attached hydrogens (primary N) is 1. The van der Waals surface area contributed by atoms with E-state index in [4.69, 9.17) is 19.7 Å². The number of rotatable bonds is 6. The molecule has 0 atom stereocenters. The van der Waals surface area contributed by atoms with Gasteiger partial charge in [-0.1, -0.05) is 17.3 Å². The summed E-state index contributed by atoms with van der Waals surface area (Å²) in [7, 11) is 1.63. The molecule has 2 N–H and O–H groups in total. The first kappa shape index (κ1) is 12.4. The minimum atomic E-state index is 0.203. The largest absolute Gasteiger partial charge is 0.482 e. The van der Waals surface area contributed by atoms with Gasteiger partial charge >= 0.3 is 0 Å². The average Bonchev–Trinajstić information content (AvgIpc) is 2.83. The molecule has 0 spiro atoms. The van der Waals surface area contributed by atoms with Crippen molar-refractivity contribution in [3.63, 3.8) is 0 Å². The van der Waals surface area contributed by atoms with Gasteiger partial charge in [-0.3, -0.25) is 0 Å². The summed E-state index contributed by atoms with van der Waals surface area (Å²) in [6.07, 6.45) is 0.619. The van der Waals surface area contributed by atoms with Crippen molar-refractivity contribution in [1.82, 2.24) is 10.1 Å². The second-order valence-electron chi connectivity index (χ2n) is 3.67. The number of nitrogens with zero attached hydrogens (tertiary/aromatic N) is 2. The number of nitrogen functional groups attached to an aromatic ring is 1. The van der Waals surface area contributed by atoms with Crippen molar-refractivity contribution in [3.8, 4) is 5.75 Å². The van der Waals surface area contributed by atoms with Crippen LogP contribution in [0.15, 0.2) is 28.8 Å². The highest BCUT2D eigenvalue weighted by Gasteiger charge is 2.07. The van der Waals surface area contributed by atoms with Crippen molar-refractivity contribution in [2.75, 3.05) is 19.5 Å². The smallest absolute Gasteiger partial charge is 0.264 e. The Morgan fingerprint density at radius 1 is 1.33 bits per heavy atom. The zero-order valence-corrected chi connectivity index (χ0v) is 10.1. The predicted octanol–water partition coefficient (Wildman–Crippen LogP) is 1.42. The molecule has 0 aliphatic heterocycles. The summed E-state index contributed by atoms with van der Waals surface area (Å²) >= 11 is 0. The van der Waals surface area contributed by atoms with Crippen LogP contribution >= 0.6 is 0 Å². The van der Waals surface area contributed by atoms with Crippen LogP contribution in [0.25, 0.3) is 0 Å². The van der Waals surface area contributed by atoms with Crippen LogP contribution in [-0.2, 0) is 17.8 Å². The zero-order chi connectivity index (χ0) is 12.8. The minimum absolute atomic E-state index is 0.203. The summed E-state index contributed by atoms with van der Waals surface area (Å²) in [6.45, 7) is 0.764. The molecular formula is C12H15N3O3. The molecule has 0 fully saturated rings. The van der Waals surface area contributed by atoms with E-state index in [9.17, 15) is 0 Å². The van der Waals surface area contributed by atoms with Gasteiger partial charge in [0.2, 0.25) is 0 Å². The van der Waals surface area contributed by atoms with Crippen LogP contribution in [0.3, 0.4) is 0 Å². The van der Waals surface area contributed by atoms with E-state index in [0.29, 0.717) is 36.2 Å². The van der Waals surface area contributed by atoms with E-state index in [2.05, 4.69) is 10.1 Å². The Morgan fingerprint density at radius 2 is 2.17 bits per heavy atom. The minimum Gasteiger partial charge on any atom is -0.482 e. The molecule has 0 aliphatic rings. The molecule has 6 nitrogen and oxygen atoms in total. The van der Waals surface area contributed by atoms with Gasteiger partial charge in [0.25, 0.3) is 5.89 Å². The summed E-state index contributed by atoms with van der Waals surface area (Å²) in [5, 5.41) is 3.81. The summed E-state index contributed by atoms with van der Waals surface area (Å²) in [5.41, 5.74) is 6.33. The fraction of sp³-hybridized carbons (Fsp3) is 0.333. The van der Waals surface area contributed by atoms with Crippen molar-refractivity contribution < 1.29 is 14.0 Å². The molecule has 1 aromatic carbocycles. The quantitative estimate of drug-likeness (QED) is 0.779. The lowest BCUT2D eigenvalue weighted by atomic mass is 10.3. The van der Waals surface area contributed by atoms with Crippen molar-refractivity contribution in [2.45, 2.75) is 13.0 Å². The molecule has 0 saturated heterocycles. The Balaban J connectivity index is 1.90. The maximum absolute atomic E-state index is 5.75. The van der Waals surface area contributed by atoms with E-state index in [1.165, 1.54) is 0 Å². The van der Waals surface area contributed by atoms with Gasteiger partial charge in [-0.05, 0) is 12.1 Å². The van der Waals surface area contributed by atoms with E-state index in [1.54, 1.807) is 19.2 Å². The van der Waals surface area contributed by atoms with Gasteiger partial charge in [-0.15, -0.1) is 0 Å². The van der Waals surface area contributed by atoms with E-state index in [-0.39, 0.29) is 6.61 Å². The van der Waals surface area contributed by atoms with E-state index >= 15 is 0 Å². The maximum Gasteiger partial charge on any atom is 0.264 e. The third kappa shape index (κ3) is 3.21. The van der Waals surface area contributed by atoms with Crippen LogP contribution in [0, 0.1) is 0 Å². The van der Waals surface area contributed by atoms with Crippen LogP contribution in [0.4, 0.5) is 5.69 Å². The Labute approximate surface area is 105 Å². The van der Waals surface area contributed by atoms with Crippen LogP contribution in [0.5, 0.6) is 5.75 Å². The number of para-hydroxylation sites is 2. The molecule has 0 saturated carbocycles. The highest BCUT2D eigenvalue weighted by atomic mass is 16.5. The number of benzene rings is 1. The molecule has 0 bridgehead atoms. The van der Waals surface area contributed by atoms with Gasteiger partial charge in [-0.25, -0.2) is 0 Å². The topological polar surface area (TPSA) is 83.4 Å². The second-order valence-corrected chi connectivity index (χ2v) is 3.67. The highest BCUT2D eigenvalue weighted by Crippen LogP contribution is 2.20. The van der Waals surface area contributed by atoms with Crippen molar-refractivity contribution in [2.24, 2.45) is 0 Å². The molecule has 0 radical (unpaired) electrons. The standard InChI is InChI=1S/C12H15N3O3/c1-16-7-6-11-14-12(18-15-11)8-17-10-5-3-2-4-9(10)13/h2-5H,6-8,13H2,1H3. The molecule has 1 heterocycles. The Kier molecular flexibility index (Phi) is 4.14. The van der Waals surface area contributed by atoms with E-state index in [0.717, 1.165) is 0 Å². The predicted molar refractivity (Wildman–Crippen MR) is 65.1 cm³/mol. The lowest BCUT2D eigenvalue weighted by Crippen LogP contribution is -2.00. The first-order valence-electron chi connectivity index (χ1n) is 5.57. The third-order valence-corrected chi connectivity index (χ3v) is 2.31. The van der Waals surface area contributed by atoms with E-state index in [1.807, 2.05) is 12.1 Å². The monoisotopic (exact) mass is 249 g/mol. The number of ether oxygens (including phenoxy) is 2. The molecule has 0 amide bonds. The molecule has 2 aromatic rings. The summed E-state index contributed by atoms with van der Waals surface area (Å²) < 4.78 is 15.5. The molecule has 6 heteroatoms. The Morgan fingerprint density at radius 3 is 2.94 bits per heavy atom. The summed E-state index contributed by atoms with van der Waals surface area (Å²) in [6, 6.07) is 7.26. The van der Waals surface area contributed by atoms with Crippen molar-refractivity contribution in [1.29, 1.82) is 0 Å². The molecule has 18 heavy (non-hydrogen) atoms. The molecule has 1 aromatic heterocycles. The number of hydrogen-bond acceptors (Lipinski definition) is 6. The maximum atomic E-state index is 5.75. The van der Waals surface area contributed by atoms with Crippen molar-refractivity contribution >= 4 is 5.69 Å². The van der Waals surface area contributed by atoms with Gasteiger partial charge in [0.1, 0.15) is 5.75 Å². The lowest BCUT2D eigenvalue weighted by molar-refractivity contribution is 0.199. The highest BCUT2D eigenvalue weighted by molar-refractivity contribution is 5.51. The van der Waals surface area contributed by atoms with Gasteiger partial charge in [-0.2, -0.15) is 4.98 Å². The third-order valence-electron chi connectivity index (χ3n) is 2.31. The van der Waals surface area contributed by atoms with E-state index < -0.39 is 0 Å². The van der Waals surface area contributed by atoms with Crippen molar-refractivity contribution in [3.05, 3.63) is 36.0 Å². The van der Waals surface area contributed by atoms with Crippen LogP contribution in [0.2, 0.25) is 0 Å². The Hall–Kier alpha value is -2.08.